The van der Waals surface area contributed by atoms with Crippen LogP contribution in [0.3, 0.4) is 0 Å². The monoisotopic (exact) mass is 410 g/mol. The molecule has 1 aromatic heterocycles. The van der Waals surface area contributed by atoms with Gasteiger partial charge >= 0.3 is 0 Å². The van der Waals surface area contributed by atoms with Gasteiger partial charge in [-0.2, -0.15) is 4.98 Å². The van der Waals surface area contributed by atoms with E-state index in [4.69, 9.17) is 21.7 Å². The number of rotatable bonds is 6. The van der Waals surface area contributed by atoms with Gasteiger partial charge in [0.05, 0.1) is 20.9 Å². The zero-order chi connectivity index (χ0) is 20.4. The Morgan fingerprint density at radius 3 is 2.66 bits per heavy atom. The standard InChI is InChI=1S/C22H26N4O2S/c1-15-6-8-16(9-7-15)21-23-22(29)26(24-21)14-25-12-4-5-19(25)18-11-10-17(27-2)13-20(18)28-3/h6-11,13,19H,4-5,12,14H2,1-3H3,(H,23,24,29)/t19-/m0/s1. The number of nitrogens with zero attached hydrogens (tertiary/aromatic N) is 3. The average molecular weight is 411 g/mol. The molecule has 6 nitrogen and oxygen atoms in total. The van der Waals surface area contributed by atoms with Crippen LogP contribution in [0.25, 0.3) is 11.4 Å². The number of benzene rings is 2. The van der Waals surface area contributed by atoms with Crippen molar-refractivity contribution in [1.82, 2.24) is 19.7 Å². The molecule has 3 aromatic rings. The molecule has 0 bridgehead atoms. The van der Waals surface area contributed by atoms with E-state index >= 15 is 0 Å². The molecule has 0 aliphatic carbocycles. The highest BCUT2D eigenvalue weighted by molar-refractivity contribution is 7.71. The molecular formula is C22H26N4O2S. The lowest BCUT2D eigenvalue weighted by atomic mass is 10.0. The van der Waals surface area contributed by atoms with Crippen LogP contribution in [0, 0.1) is 11.7 Å². The number of hydrogen-bond acceptors (Lipinski definition) is 5. The highest BCUT2D eigenvalue weighted by Gasteiger charge is 2.29. The molecular weight excluding hydrogens is 384 g/mol. The second-order valence-corrected chi connectivity index (χ2v) is 7.73. The lowest BCUT2D eigenvalue weighted by molar-refractivity contribution is 0.187. The Morgan fingerprint density at radius 2 is 1.93 bits per heavy atom. The Bertz CT molecular complexity index is 1040. The number of hydrogen-bond donors (Lipinski definition) is 1. The maximum Gasteiger partial charge on any atom is 0.217 e. The van der Waals surface area contributed by atoms with Crippen LogP contribution in [0.15, 0.2) is 42.5 Å². The summed E-state index contributed by atoms with van der Waals surface area (Å²) in [5.74, 6) is 2.45. The highest BCUT2D eigenvalue weighted by Crippen LogP contribution is 2.38. The molecule has 152 valence electrons. The molecule has 0 spiro atoms. The van der Waals surface area contributed by atoms with Crippen LogP contribution < -0.4 is 9.47 Å². The average Bonchev–Trinajstić information content (AvgIpc) is 3.35. The number of nitrogens with one attached hydrogen (secondary N) is 1. The molecule has 29 heavy (non-hydrogen) atoms. The minimum Gasteiger partial charge on any atom is -0.497 e. The summed E-state index contributed by atoms with van der Waals surface area (Å²) in [6, 6.07) is 14.6. The van der Waals surface area contributed by atoms with E-state index < -0.39 is 0 Å². The summed E-state index contributed by atoms with van der Waals surface area (Å²) in [7, 11) is 3.37. The van der Waals surface area contributed by atoms with Gasteiger partial charge in [0.25, 0.3) is 0 Å². The first-order valence-electron chi connectivity index (χ1n) is 9.79. The topological polar surface area (TPSA) is 55.3 Å². The van der Waals surface area contributed by atoms with Gasteiger partial charge < -0.3 is 9.47 Å². The second kappa shape index (κ2) is 8.39. The Kier molecular flexibility index (Phi) is 5.69. The Balaban J connectivity index is 1.58. The molecule has 1 N–H and O–H groups in total. The van der Waals surface area contributed by atoms with E-state index in [0.29, 0.717) is 11.4 Å². The van der Waals surface area contributed by atoms with Crippen LogP contribution in [0.4, 0.5) is 0 Å². The van der Waals surface area contributed by atoms with Gasteiger partial charge in [0.15, 0.2) is 5.82 Å². The molecule has 0 amide bonds. The minimum absolute atomic E-state index is 0.267. The van der Waals surface area contributed by atoms with Crippen molar-refractivity contribution in [3.8, 4) is 22.9 Å². The lowest BCUT2D eigenvalue weighted by Crippen LogP contribution is -2.27. The summed E-state index contributed by atoms with van der Waals surface area (Å²) < 4.78 is 13.5. The van der Waals surface area contributed by atoms with Gasteiger partial charge in [-0.05, 0) is 38.0 Å². The summed E-state index contributed by atoms with van der Waals surface area (Å²) in [6.45, 7) is 3.74. The molecule has 0 radical (unpaired) electrons. The predicted octanol–water partition coefficient (Wildman–Crippen LogP) is 4.73. The maximum absolute atomic E-state index is 5.64. The Morgan fingerprint density at radius 1 is 1.14 bits per heavy atom. The number of methoxy groups -OCH3 is 2. The Labute approximate surface area is 176 Å². The largest absolute Gasteiger partial charge is 0.497 e. The molecule has 7 heteroatoms. The quantitative estimate of drug-likeness (QED) is 0.596. The molecule has 1 saturated heterocycles. The number of H-pyrrole nitrogens is 1. The fraction of sp³-hybridized carbons (Fsp3) is 0.364. The Hall–Kier alpha value is -2.64. The summed E-state index contributed by atoms with van der Waals surface area (Å²) in [5.41, 5.74) is 3.44. The smallest absolute Gasteiger partial charge is 0.217 e. The summed E-state index contributed by atoms with van der Waals surface area (Å²) >= 11 is 5.52. The summed E-state index contributed by atoms with van der Waals surface area (Å²) in [5, 5.41) is 3.37. The number of ether oxygens (including phenoxy) is 2. The van der Waals surface area contributed by atoms with Crippen molar-refractivity contribution in [2.45, 2.75) is 32.5 Å². The zero-order valence-corrected chi connectivity index (χ0v) is 17.8. The molecule has 4 rings (SSSR count). The molecule has 0 saturated carbocycles. The minimum atomic E-state index is 0.267. The van der Waals surface area contributed by atoms with Gasteiger partial charge in [-0.15, -0.1) is 0 Å². The van der Waals surface area contributed by atoms with Crippen molar-refractivity contribution >= 4 is 12.2 Å². The van der Waals surface area contributed by atoms with E-state index in [9.17, 15) is 0 Å². The third-order valence-electron chi connectivity index (χ3n) is 5.49. The lowest BCUT2D eigenvalue weighted by Gasteiger charge is -2.26. The van der Waals surface area contributed by atoms with Crippen molar-refractivity contribution in [1.29, 1.82) is 0 Å². The van der Waals surface area contributed by atoms with Gasteiger partial charge in [-0.25, -0.2) is 4.68 Å². The van der Waals surface area contributed by atoms with Gasteiger partial charge in [0.2, 0.25) is 4.77 Å². The highest BCUT2D eigenvalue weighted by atomic mass is 32.1. The van der Waals surface area contributed by atoms with Gasteiger partial charge in [0.1, 0.15) is 11.5 Å². The fourth-order valence-electron chi connectivity index (χ4n) is 3.92. The first-order chi connectivity index (χ1) is 14.1. The van der Waals surface area contributed by atoms with Crippen LogP contribution in [0.5, 0.6) is 11.5 Å². The number of aryl methyl sites for hydroxylation is 1. The van der Waals surface area contributed by atoms with E-state index in [0.717, 1.165) is 42.3 Å². The normalized spacial score (nSPS) is 16.9. The fourth-order valence-corrected chi connectivity index (χ4v) is 4.11. The SMILES string of the molecule is COc1ccc([C@@H]2CCCN2Cn2[nH]c(-c3ccc(C)cc3)nc2=S)c(OC)c1. The van der Waals surface area contributed by atoms with Crippen LogP contribution in [0.2, 0.25) is 0 Å². The number of likely N-dealkylation sites (tertiary alicyclic amines) is 1. The van der Waals surface area contributed by atoms with Crippen LogP contribution in [-0.4, -0.2) is 40.4 Å². The van der Waals surface area contributed by atoms with Gasteiger partial charge in [0, 0.05) is 29.8 Å². The van der Waals surface area contributed by atoms with Crippen molar-refractivity contribution in [2.75, 3.05) is 20.8 Å². The van der Waals surface area contributed by atoms with Gasteiger partial charge in [-0.1, -0.05) is 35.9 Å². The third kappa shape index (κ3) is 4.06. The van der Waals surface area contributed by atoms with E-state index in [1.807, 2.05) is 16.8 Å². The molecule has 0 unspecified atom stereocenters. The van der Waals surface area contributed by atoms with Crippen LogP contribution >= 0.6 is 12.2 Å². The first kappa shape index (κ1) is 19.7. The second-order valence-electron chi connectivity index (χ2n) is 7.37. The van der Waals surface area contributed by atoms with Crippen molar-refractivity contribution in [2.24, 2.45) is 0 Å². The van der Waals surface area contributed by atoms with Crippen molar-refractivity contribution in [3.63, 3.8) is 0 Å². The zero-order valence-electron chi connectivity index (χ0n) is 17.0. The molecule has 1 fully saturated rings. The number of aromatic amines is 1. The summed E-state index contributed by atoms with van der Waals surface area (Å²) in [6.07, 6.45) is 2.21. The molecule has 1 atom stereocenters. The first-order valence-corrected chi connectivity index (χ1v) is 10.2. The van der Waals surface area contributed by atoms with E-state index in [2.05, 4.69) is 52.2 Å². The van der Waals surface area contributed by atoms with E-state index in [1.165, 1.54) is 11.1 Å². The van der Waals surface area contributed by atoms with Crippen LogP contribution in [0.1, 0.15) is 30.0 Å². The predicted molar refractivity (Wildman–Crippen MR) is 116 cm³/mol. The van der Waals surface area contributed by atoms with E-state index in [1.54, 1.807) is 14.2 Å². The molecule has 1 aliphatic rings. The summed E-state index contributed by atoms with van der Waals surface area (Å²) in [4.78, 5) is 6.98. The van der Waals surface area contributed by atoms with Crippen LogP contribution in [-0.2, 0) is 6.67 Å². The molecule has 1 aliphatic heterocycles. The molecule has 2 aromatic carbocycles. The third-order valence-corrected chi connectivity index (χ3v) is 5.80. The molecule has 2 heterocycles. The van der Waals surface area contributed by atoms with Crippen molar-refractivity contribution < 1.29 is 9.47 Å². The maximum atomic E-state index is 5.64. The number of aromatic nitrogens is 3. The van der Waals surface area contributed by atoms with E-state index in [-0.39, 0.29) is 6.04 Å². The van der Waals surface area contributed by atoms with Crippen molar-refractivity contribution in [3.05, 3.63) is 58.4 Å². The van der Waals surface area contributed by atoms with Gasteiger partial charge in [-0.3, -0.25) is 10.00 Å².